The maximum atomic E-state index is 13.2. The van der Waals surface area contributed by atoms with E-state index < -0.39 is 0 Å². The number of ketones is 1. The number of likely N-dealkylation sites (N-methyl/N-ethyl adjacent to an activating group) is 1. The van der Waals surface area contributed by atoms with E-state index >= 15 is 0 Å². The van der Waals surface area contributed by atoms with Gasteiger partial charge in [-0.3, -0.25) is 9.69 Å². The highest BCUT2D eigenvalue weighted by atomic mass is 16.5. The zero-order chi connectivity index (χ0) is 19.2. The number of morpholine rings is 1. The Hall–Kier alpha value is -2.17. The van der Waals surface area contributed by atoms with Crippen molar-refractivity contribution in [2.24, 2.45) is 0 Å². The van der Waals surface area contributed by atoms with Crippen molar-refractivity contribution in [1.82, 2.24) is 4.90 Å². The minimum absolute atomic E-state index is 0.0891. The smallest absolute Gasteiger partial charge is 0.180 e. The number of carbonyl (C=O) groups is 1. The number of carbonyl (C=O) groups excluding carboxylic acids is 1. The number of Topliss-reactive ketones (excluding diaryl/α,β-unsaturated/α-hetero) is 1. The average molecular weight is 367 g/mol. The molecule has 1 saturated heterocycles. The monoisotopic (exact) mass is 366 g/mol. The largest absolute Gasteiger partial charge is 0.378 e. The molecule has 0 bridgehead atoms. The zero-order valence-electron chi connectivity index (χ0n) is 16.6. The molecule has 2 aromatic carbocycles. The Balaban J connectivity index is 1.96. The van der Waals surface area contributed by atoms with Gasteiger partial charge in [0.25, 0.3) is 0 Å². The van der Waals surface area contributed by atoms with E-state index in [1.807, 2.05) is 31.1 Å². The molecular formula is C23H30N2O2. The van der Waals surface area contributed by atoms with Crippen LogP contribution in [0.1, 0.15) is 34.8 Å². The molecule has 1 aliphatic rings. The SMILES string of the molecule is CCC(C(=O)c1ccc(N2CCOCC2)cc1Cc1ccccc1)N(C)C. The molecule has 1 heterocycles. The van der Waals surface area contributed by atoms with Gasteiger partial charge in [-0.1, -0.05) is 37.3 Å². The van der Waals surface area contributed by atoms with Crippen molar-refractivity contribution in [1.29, 1.82) is 0 Å². The summed E-state index contributed by atoms with van der Waals surface area (Å²) in [6.07, 6.45) is 1.58. The molecule has 0 aromatic heterocycles. The van der Waals surface area contributed by atoms with Gasteiger partial charge < -0.3 is 9.64 Å². The van der Waals surface area contributed by atoms with Gasteiger partial charge in [-0.05, 0) is 56.3 Å². The quantitative estimate of drug-likeness (QED) is 0.701. The van der Waals surface area contributed by atoms with Crippen LogP contribution in [0.4, 0.5) is 5.69 Å². The van der Waals surface area contributed by atoms with Gasteiger partial charge in [-0.15, -0.1) is 0 Å². The van der Waals surface area contributed by atoms with E-state index in [0.717, 1.165) is 50.3 Å². The predicted molar refractivity (Wildman–Crippen MR) is 111 cm³/mol. The van der Waals surface area contributed by atoms with Crippen LogP contribution in [0.5, 0.6) is 0 Å². The van der Waals surface area contributed by atoms with E-state index in [1.54, 1.807) is 0 Å². The molecule has 0 spiro atoms. The maximum Gasteiger partial charge on any atom is 0.180 e. The van der Waals surface area contributed by atoms with Gasteiger partial charge in [0.2, 0.25) is 0 Å². The summed E-state index contributed by atoms with van der Waals surface area (Å²) in [6.45, 7) is 5.38. The highest BCUT2D eigenvalue weighted by Crippen LogP contribution is 2.25. The Morgan fingerprint density at radius 2 is 1.81 bits per heavy atom. The van der Waals surface area contributed by atoms with Crippen molar-refractivity contribution in [2.45, 2.75) is 25.8 Å². The fraction of sp³-hybridized carbons (Fsp3) is 0.435. The van der Waals surface area contributed by atoms with Crippen molar-refractivity contribution in [3.8, 4) is 0 Å². The molecule has 0 N–H and O–H groups in total. The van der Waals surface area contributed by atoms with Crippen molar-refractivity contribution >= 4 is 11.5 Å². The molecule has 27 heavy (non-hydrogen) atoms. The summed E-state index contributed by atoms with van der Waals surface area (Å²) in [4.78, 5) is 17.6. The second-order valence-corrected chi connectivity index (χ2v) is 7.36. The second-order valence-electron chi connectivity index (χ2n) is 7.36. The first-order valence-electron chi connectivity index (χ1n) is 9.80. The third-order valence-electron chi connectivity index (χ3n) is 5.28. The fourth-order valence-corrected chi connectivity index (χ4v) is 3.77. The van der Waals surface area contributed by atoms with Crippen molar-refractivity contribution in [3.05, 3.63) is 65.2 Å². The lowest BCUT2D eigenvalue weighted by molar-refractivity contribution is 0.0870. The maximum absolute atomic E-state index is 13.2. The summed E-state index contributed by atoms with van der Waals surface area (Å²) in [5.41, 5.74) is 4.36. The summed E-state index contributed by atoms with van der Waals surface area (Å²) in [7, 11) is 3.95. The highest BCUT2D eigenvalue weighted by molar-refractivity contribution is 6.01. The minimum atomic E-state index is -0.0891. The summed E-state index contributed by atoms with van der Waals surface area (Å²) in [6, 6.07) is 16.6. The summed E-state index contributed by atoms with van der Waals surface area (Å²) in [5, 5.41) is 0. The molecule has 1 unspecified atom stereocenters. The van der Waals surface area contributed by atoms with Crippen LogP contribution in [0, 0.1) is 0 Å². The number of hydrogen-bond acceptors (Lipinski definition) is 4. The molecule has 1 fully saturated rings. The summed E-state index contributed by atoms with van der Waals surface area (Å²) in [5.74, 6) is 0.210. The number of nitrogens with zero attached hydrogens (tertiary/aromatic N) is 2. The molecule has 0 amide bonds. The van der Waals surface area contributed by atoms with Gasteiger partial charge in [-0.2, -0.15) is 0 Å². The molecule has 0 saturated carbocycles. The molecule has 2 aromatic rings. The molecule has 144 valence electrons. The molecule has 1 atom stereocenters. The van der Waals surface area contributed by atoms with Crippen LogP contribution in [0.2, 0.25) is 0 Å². The summed E-state index contributed by atoms with van der Waals surface area (Å²) >= 11 is 0. The van der Waals surface area contributed by atoms with Gasteiger partial charge in [0, 0.05) is 24.3 Å². The van der Waals surface area contributed by atoms with E-state index in [4.69, 9.17) is 4.74 Å². The van der Waals surface area contributed by atoms with Crippen LogP contribution in [-0.4, -0.2) is 57.1 Å². The number of hydrogen-bond donors (Lipinski definition) is 0. The molecule has 4 nitrogen and oxygen atoms in total. The molecule has 0 aliphatic carbocycles. The zero-order valence-corrected chi connectivity index (χ0v) is 16.6. The number of benzene rings is 2. The third kappa shape index (κ3) is 4.76. The first-order chi connectivity index (χ1) is 13.1. The van der Waals surface area contributed by atoms with E-state index in [0.29, 0.717) is 0 Å². The number of anilines is 1. The van der Waals surface area contributed by atoms with Gasteiger partial charge in [-0.25, -0.2) is 0 Å². The topological polar surface area (TPSA) is 32.8 Å². The molecule has 0 radical (unpaired) electrons. The predicted octanol–water partition coefficient (Wildman–Crippen LogP) is 3.64. The van der Waals surface area contributed by atoms with Crippen LogP contribution in [0.25, 0.3) is 0 Å². The van der Waals surface area contributed by atoms with E-state index in [9.17, 15) is 4.79 Å². The van der Waals surface area contributed by atoms with E-state index in [2.05, 4.69) is 48.2 Å². The first kappa shape index (κ1) is 19.6. The molecule has 4 heteroatoms. The first-order valence-corrected chi connectivity index (χ1v) is 9.80. The third-order valence-corrected chi connectivity index (χ3v) is 5.28. The van der Waals surface area contributed by atoms with Gasteiger partial charge in [0.15, 0.2) is 5.78 Å². The van der Waals surface area contributed by atoms with Crippen molar-refractivity contribution in [3.63, 3.8) is 0 Å². The Morgan fingerprint density at radius 3 is 2.44 bits per heavy atom. The second kappa shape index (κ2) is 9.16. The lowest BCUT2D eigenvalue weighted by Crippen LogP contribution is -2.37. The van der Waals surface area contributed by atoms with Crippen LogP contribution < -0.4 is 4.90 Å². The Morgan fingerprint density at radius 1 is 1.11 bits per heavy atom. The van der Waals surface area contributed by atoms with Crippen LogP contribution >= 0.6 is 0 Å². The molecular weight excluding hydrogens is 336 g/mol. The highest BCUT2D eigenvalue weighted by Gasteiger charge is 2.23. The van der Waals surface area contributed by atoms with Crippen molar-refractivity contribution < 1.29 is 9.53 Å². The van der Waals surface area contributed by atoms with Gasteiger partial charge in [0.05, 0.1) is 19.3 Å². The average Bonchev–Trinajstić information content (AvgIpc) is 2.69. The minimum Gasteiger partial charge on any atom is -0.378 e. The molecule has 3 rings (SSSR count). The number of ether oxygens (including phenoxy) is 1. The Kier molecular flexibility index (Phi) is 6.64. The standard InChI is InChI=1S/C23H30N2O2/c1-4-22(24(2)3)23(26)21-11-10-20(25-12-14-27-15-13-25)17-19(21)16-18-8-6-5-7-9-18/h5-11,17,22H,4,12-16H2,1-3H3. The van der Waals surface area contributed by atoms with Gasteiger partial charge >= 0.3 is 0 Å². The normalized spacial score (nSPS) is 15.8. The van der Waals surface area contributed by atoms with Crippen LogP contribution in [0.15, 0.2) is 48.5 Å². The van der Waals surface area contributed by atoms with Crippen molar-refractivity contribution in [2.75, 3.05) is 45.3 Å². The fourth-order valence-electron chi connectivity index (χ4n) is 3.77. The van der Waals surface area contributed by atoms with E-state index in [-0.39, 0.29) is 11.8 Å². The Labute approximate surface area is 162 Å². The lowest BCUT2D eigenvalue weighted by atomic mass is 9.92. The summed E-state index contributed by atoms with van der Waals surface area (Å²) < 4.78 is 5.48. The molecule has 1 aliphatic heterocycles. The van der Waals surface area contributed by atoms with Crippen LogP contribution in [0.3, 0.4) is 0 Å². The van der Waals surface area contributed by atoms with Crippen LogP contribution in [-0.2, 0) is 11.2 Å². The van der Waals surface area contributed by atoms with E-state index in [1.165, 1.54) is 11.3 Å². The van der Waals surface area contributed by atoms with Gasteiger partial charge in [0.1, 0.15) is 0 Å². The number of rotatable bonds is 7. The Bertz CT molecular complexity index is 752. The lowest BCUT2D eigenvalue weighted by Gasteiger charge is -2.30.